The van der Waals surface area contributed by atoms with Crippen molar-refractivity contribution in [3.8, 4) is 5.75 Å². The zero-order chi connectivity index (χ0) is 15.2. The maximum absolute atomic E-state index is 13.8. The van der Waals surface area contributed by atoms with Gasteiger partial charge in [-0.15, -0.1) is 0 Å². The minimum atomic E-state index is -0.287. The highest BCUT2D eigenvalue weighted by Crippen LogP contribution is 2.27. The Hall–Kier alpha value is -1.58. The Kier molecular flexibility index (Phi) is 5.59. The van der Waals surface area contributed by atoms with Crippen LogP contribution in [0, 0.1) is 5.82 Å². The lowest BCUT2D eigenvalue weighted by molar-refractivity contribution is 0.396. The van der Waals surface area contributed by atoms with Crippen LogP contribution in [-0.4, -0.2) is 7.11 Å². The zero-order valence-electron chi connectivity index (χ0n) is 12.2. The van der Waals surface area contributed by atoms with Gasteiger partial charge in [-0.1, -0.05) is 42.8 Å². The van der Waals surface area contributed by atoms with Crippen molar-refractivity contribution in [1.29, 1.82) is 0 Å². The van der Waals surface area contributed by atoms with Crippen molar-refractivity contribution in [2.75, 3.05) is 7.11 Å². The Labute approximate surface area is 129 Å². The predicted molar refractivity (Wildman–Crippen MR) is 84.3 cm³/mol. The fourth-order valence-electron chi connectivity index (χ4n) is 2.33. The highest BCUT2D eigenvalue weighted by atomic mass is 35.5. The third-order valence-corrected chi connectivity index (χ3v) is 3.71. The maximum atomic E-state index is 13.8. The topological polar surface area (TPSA) is 21.3 Å². The van der Waals surface area contributed by atoms with Crippen LogP contribution in [-0.2, 0) is 6.54 Å². The molecular formula is C17H19ClFNO. The van der Waals surface area contributed by atoms with E-state index in [0.29, 0.717) is 17.1 Å². The van der Waals surface area contributed by atoms with Gasteiger partial charge >= 0.3 is 0 Å². The molecule has 2 rings (SSSR count). The van der Waals surface area contributed by atoms with Gasteiger partial charge in [0.15, 0.2) is 0 Å². The van der Waals surface area contributed by atoms with Crippen LogP contribution in [0.25, 0.3) is 0 Å². The number of nitrogens with one attached hydrogen (secondary N) is 1. The lowest BCUT2D eigenvalue weighted by Crippen LogP contribution is -2.21. The fourth-order valence-corrected chi connectivity index (χ4v) is 2.49. The Bertz CT molecular complexity index is 603. The number of para-hydroxylation sites is 1. The molecule has 0 saturated heterocycles. The van der Waals surface area contributed by atoms with Gasteiger partial charge in [0.25, 0.3) is 0 Å². The van der Waals surface area contributed by atoms with E-state index in [-0.39, 0.29) is 11.9 Å². The summed E-state index contributed by atoms with van der Waals surface area (Å²) < 4.78 is 19.2. The third-order valence-electron chi connectivity index (χ3n) is 3.48. The molecule has 1 unspecified atom stereocenters. The average Bonchev–Trinajstić information content (AvgIpc) is 2.50. The molecule has 2 nitrogen and oxygen atoms in total. The fraction of sp³-hybridized carbons (Fsp3) is 0.294. The van der Waals surface area contributed by atoms with Gasteiger partial charge in [0.2, 0.25) is 0 Å². The Balaban J connectivity index is 2.12. The Morgan fingerprint density at radius 1 is 1.24 bits per heavy atom. The second-order valence-corrected chi connectivity index (χ2v) is 5.26. The smallest absolute Gasteiger partial charge is 0.129 e. The first-order chi connectivity index (χ1) is 10.2. The van der Waals surface area contributed by atoms with Crippen molar-refractivity contribution >= 4 is 11.6 Å². The summed E-state index contributed by atoms with van der Waals surface area (Å²) in [5.41, 5.74) is 1.68. The largest absolute Gasteiger partial charge is 0.496 e. The first kappa shape index (κ1) is 15.8. The lowest BCUT2D eigenvalue weighted by atomic mass is 10.0. The second kappa shape index (κ2) is 7.43. The maximum Gasteiger partial charge on any atom is 0.129 e. The molecule has 0 radical (unpaired) electrons. The molecular weight excluding hydrogens is 289 g/mol. The van der Waals surface area contributed by atoms with E-state index in [2.05, 4.69) is 12.2 Å². The number of methoxy groups -OCH3 is 1. The monoisotopic (exact) mass is 307 g/mol. The summed E-state index contributed by atoms with van der Waals surface area (Å²) in [6.45, 7) is 2.53. The van der Waals surface area contributed by atoms with Crippen molar-refractivity contribution in [1.82, 2.24) is 5.32 Å². The normalized spacial score (nSPS) is 12.2. The molecule has 4 heteroatoms. The van der Waals surface area contributed by atoms with Gasteiger partial charge in [-0.3, -0.25) is 0 Å². The van der Waals surface area contributed by atoms with E-state index >= 15 is 0 Å². The zero-order valence-corrected chi connectivity index (χ0v) is 13.0. The molecule has 0 aliphatic rings. The van der Waals surface area contributed by atoms with E-state index in [9.17, 15) is 4.39 Å². The van der Waals surface area contributed by atoms with Crippen LogP contribution in [0.2, 0.25) is 5.02 Å². The molecule has 2 aromatic rings. The first-order valence-corrected chi connectivity index (χ1v) is 7.33. The number of hydrogen-bond acceptors (Lipinski definition) is 2. The molecule has 0 aliphatic carbocycles. The molecule has 2 aromatic carbocycles. The molecule has 0 heterocycles. The number of benzene rings is 2. The third kappa shape index (κ3) is 3.96. The summed E-state index contributed by atoms with van der Waals surface area (Å²) in [6.07, 6.45) is 0.885. The van der Waals surface area contributed by atoms with Gasteiger partial charge in [-0.2, -0.15) is 0 Å². The van der Waals surface area contributed by atoms with Crippen LogP contribution in [0.4, 0.5) is 4.39 Å². The Morgan fingerprint density at radius 2 is 2.00 bits per heavy atom. The number of ether oxygens (including phenoxy) is 1. The number of rotatable bonds is 6. The van der Waals surface area contributed by atoms with Gasteiger partial charge in [-0.05, 0) is 24.6 Å². The molecule has 21 heavy (non-hydrogen) atoms. The molecule has 0 saturated carbocycles. The van der Waals surface area contributed by atoms with Crippen LogP contribution >= 0.6 is 11.6 Å². The van der Waals surface area contributed by atoms with Crippen LogP contribution < -0.4 is 10.1 Å². The summed E-state index contributed by atoms with van der Waals surface area (Å²) >= 11 is 5.77. The molecule has 1 N–H and O–H groups in total. The lowest BCUT2D eigenvalue weighted by Gasteiger charge is -2.20. The van der Waals surface area contributed by atoms with E-state index in [0.717, 1.165) is 17.7 Å². The minimum absolute atomic E-state index is 0.108. The summed E-state index contributed by atoms with van der Waals surface area (Å²) in [6, 6.07) is 12.7. The van der Waals surface area contributed by atoms with Crippen molar-refractivity contribution in [3.63, 3.8) is 0 Å². The first-order valence-electron chi connectivity index (χ1n) is 6.96. The van der Waals surface area contributed by atoms with E-state index in [4.69, 9.17) is 16.3 Å². The molecule has 0 spiro atoms. The van der Waals surface area contributed by atoms with Gasteiger partial charge in [0.1, 0.15) is 11.6 Å². The second-order valence-electron chi connectivity index (χ2n) is 4.82. The van der Waals surface area contributed by atoms with Crippen LogP contribution in [0.5, 0.6) is 5.75 Å². The van der Waals surface area contributed by atoms with Crippen LogP contribution in [0.1, 0.15) is 30.5 Å². The Morgan fingerprint density at radius 3 is 2.67 bits per heavy atom. The summed E-state index contributed by atoms with van der Waals surface area (Å²) in [5.74, 6) is 0.554. The van der Waals surface area contributed by atoms with E-state index in [1.807, 2.05) is 24.3 Å². The molecule has 112 valence electrons. The molecule has 0 amide bonds. The van der Waals surface area contributed by atoms with Gasteiger partial charge in [0.05, 0.1) is 7.11 Å². The quantitative estimate of drug-likeness (QED) is 0.833. The van der Waals surface area contributed by atoms with Crippen LogP contribution in [0.3, 0.4) is 0 Å². The van der Waals surface area contributed by atoms with Gasteiger partial charge in [0, 0.05) is 28.7 Å². The SMILES string of the molecule is CCC(NCc1ccc(Cl)cc1F)c1ccccc1OC. The highest BCUT2D eigenvalue weighted by Gasteiger charge is 2.14. The minimum Gasteiger partial charge on any atom is -0.496 e. The van der Waals surface area contributed by atoms with Crippen LogP contribution in [0.15, 0.2) is 42.5 Å². The van der Waals surface area contributed by atoms with Crippen molar-refractivity contribution < 1.29 is 9.13 Å². The molecule has 1 atom stereocenters. The summed E-state index contributed by atoms with van der Waals surface area (Å²) in [5, 5.41) is 3.78. The molecule has 0 fully saturated rings. The molecule has 0 aliphatic heterocycles. The molecule has 0 aromatic heterocycles. The highest BCUT2D eigenvalue weighted by molar-refractivity contribution is 6.30. The summed E-state index contributed by atoms with van der Waals surface area (Å²) in [4.78, 5) is 0. The molecule has 0 bridgehead atoms. The average molecular weight is 308 g/mol. The standard InChI is InChI=1S/C17H19ClFNO/c1-3-16(14-6-4-5-7-17(14)21-2)20-11-12-8-9-13(18)10-15(12)19/h4-10,16,20H,3,11H2,1-2H3. The van der Waals surface area contributed by atoms with Crippen molar-refractivity contribution in [2.45, 2.75) is 25.9 Å². The predicted octanol–water partition coefficient (Wildman–Crippen LogP) is 4.73. The van der Waals surface area contributed by atoms with Gasteiger partial charge < -0.3 is 10.1 Å². The number of hydrogen-bond donors (Lipinski definition) is 1. The van der Waals surface area contributed by atoms with E-state index in [1.54, 1.807) is 19.2 Å². The van der Waals surface area contributed by atoms with Gasteiger partial charge in [-0.25, -0.2) is 4.39 Å². The van der Waals surface area contributed by atoms with Crippen molar-refractivity contribution in [2.24, 2.45) is 0 Å². The summed E-state index contributed by atoms with van der Waals surface area (Å²) in [7, 11) is 1.66. The van der Waals surface area contributed by atoms with E-state index in [1.165, 1.54) is 6.07 Å². The van der Waals surface area contributed by atoms with Crippen molar-refractivity contribution in [3.05, 3.63) is 64.4 Å². The number of halogens is 2. The van der Waals surface area contributed by atoms with E-state index < -0.39 is 0 Å².